The van der Waals surface area contributed by atoms with Crippen molar-refractivity contribution in [3.8, 4) is 11.1 Å². The molecule has 0 fully saturated rings. The smallest absolute Gasteiger partial charge is 0.123 e. The SMILES string of the molecule is Cc1c(C)c(C)c(-c2ccc(F)cc2CN)c(C)c1C. The number of nitrogens with two attached hydrogens (primary N) is 1. The van der Waals surface area contributed by atoms with Gasteiger partial charge in [-0.05, 0) is 91.3 Å². The van der Waals surface area contributed by atoms with Crippen LogP contribution in [0.3, 0.4) is 0 Å². The van der Waals surface area contributed by atoms with Gasteiger partial charge in [-0.2, -0.15) is 0 Å². The number of hydrogen-bond donors (Lipinski definition) is 1. The van der Waals surface area contributed by atoms with Crippen LogP contribution in [0.25, 0.3) is 11.1 Å². The van der Waals surface area contributed by atoms with E-state index in [2.05, 4.69) is 34.6 Å². The van der Waals surface area contributed by atoms with Crippen LogP contribution in [0.5, 0.6) is 0 Å². The zero-order valence-corrected chi connectivity index (χ0v) is 12.9. The number of rotatable bonds is 2. The third kappa shape index (κ3) is 2.25. The standard InChI is InChI=1S/C18H22FN/c1-10-11(2)13(4)18(14(5)12(10)3)17-7-6-16(19)8-15(17)9-20/h6-8H,9,20H2,1-5H3. The van der Waals surface area contributed by atoms with Gasteiger partial charge in [0.15, 0.2) is 0 Å². The zero-order valence-electron chi connectivity index (χ0n) is 12.9. The topological polar surface area (TPSA) is 26.0 Å². The van der Waals surface area contributed by atoms with E-state index in [0.29, 0.717) is 6.54 Å². The van der Waals surface area contributed by atoms with Crippen LogP contribution in [0.4, 0.5) is 4.39 Å². The molecule has 0 aliphatic heterocycles. The Balaban J connectivity index is 2.83. The third-order valence-corrected chi connectivity index (χ3v) is 4.56. The summed E-state index contributed by atoms with van der Waals surface area (Å²) in [5, 5.41) is 0. The molecular weight excluding hydrogens is 249 g/mol. The van der Waals surface area contributed by atoms with Crippen LogP contribution >= 0.6 is 0 Å². The van der Waals surface area contributed by atoms with Gasteiger partial charge in [-0.25, -0.2) is 4.39 Å². The van der Waals surface area contributed by atoms with Crippen LogP contribution in [0.2, 0.25) is 0 Å². The molecule has 0 saturated heterocycles. The van der Waals surface area contributed by atoms with Crippen LogP contribution in [-0.2, 0) is 6.54 Å². The van der Waals surface area contributed by atoms with E-state index < -0.39 is 0 Å². The largest absolute Gasteiger partial charge is 0.326 e. The van der Waals surface area contributed by atoms with Crippen molar-refractivity contribution in [3.05, 3.63) is 57.4 Å². The Kier molecular flexibility index (Phi) is 3.96. The maximum atomic E-state index is 13.4. The highest BCUT2D eigenvalue weighted by Gasteiger charge is 2.16. The molecule has 0 aliphatic carbocycles. The van der Waals surface area contributed by atoms with Crippen molar-refractivity contribution in [2.45, 2.75) is 41.2 Å². The van der Waals surface area contributed by atoms with Crippen molar-refractivity contribution >= 4 is 0 Å². The van der Waals surface area contributed by atoms with Crippen molar-refractivity contribution in [1.29, 1.82) is 0 Å². The molecule has 0 atom stereocenters. The maximum absolute atomic E-state index is 13.4. The normalized spacial score (nSPS) is 10.9. The van der Waals surface area contributed by atoms with E-state index in [-0.39, 0.29) is 5.82 Å². The Bertz CT molecular complexity index is 643. The third-order valence-electron chi connectivity index (χ3n) is 4.56. The molecule has 2 N–H and O–H groups in total. The van der Waals surface area contributed by atoms with Crippen molar-refractivity contribution in [3.63, 3.8) is 0 Å². The van der Waals surface area contributed by atoms with Gasteiger partial charge in [-0.3, -0.25) is 0 Å². The lowest BCUT2D eigenvalue weighted by atomic mass is 9.85. The molecule has 106 valence electrons. The van der Waals surface area contributed by atoms with Crippen molar-refractivity contribution < 1.29 is 4.39 Å². The molecule has 2 aromatic rings. The number of hydrogen-bond acceptors (Lipinski definition) is 1. The summed E-state index contributed by atoms with van der Waals surface area (Å²) < 4.78 is 13.4. The van der Waals surface area contributed by atoms with Crippen LogP contribution < -0.4 is 5.73 Å². The molecule has 0 amide bonds. The summed E-state index contributed by atoms with van der Waals surface area (Å²) in [7, 11) is 0. The lowest BCUT2D eigenvalue weighted by Gasteiger charge is -2.20. The van der Waals surface area contributed by atoms with E-state index in [4.69, 9.17) is 5.73 Å². The summed E-state index contributed by atoms with van der Waals surface area (Å²) in [6, 6.07) is 4.90. The molecule has 0 aliphatic rings. The fraction of sp³-hybridized carbons (Fsp3) is 0.333. The van der Waals surface area contributed by atoms with Crippen molar-refractivity contribution in [2.24, 2.45) is 5.73 Å². The Morgan fingerprint density at radius 2 is 1.35 bits per heavy atom. The fourth-order valence-corrected chi connectivity index (χ4v) is 2.88. The van der Waals surface area contributed by atoms with E-state index in [1.807, 2.05) is 6.07 Å². The second-order valence-electron chi connectivity index (χ2n) is 5.51. The Hall–Kier alpha value is -1.67. The number of halogens is 1. The highest BCUT2D eigenvalue weighted by Crippen LogP contribution is 2.35. The molecule has 20 heavy (non-hydrogen) atoms. The second kappa shape index (κ2) is 5.37. The van der Waals surface area contributed by atoms with E-state index in [1.54, 1.807) is 6.07 Å². The lowest BCUT2D eigenvalue weighted by Crippen LogP contribution is -2.04. The van der Waals surface area contributed by atoms with Gasteiger partial charge in [-0.15, -0.1) is 0 Å². The molecule has 0 saturated carbocycles. The van der Waals surface area contributed by atoms with E-state index in [0.717, 1.165) is 11.1 Å². The molecule has 0 radical (unpaired) electrons. The molecule has 0 bridgehead atoms. The quantitative estimate of drug-likeness (QED) is 0.855. The van der Waals surface area contributed by atoms with Gasteiger partial charge < -0.3 is 5.73 Å². The Morgan fingerprint density at radius 1 is 0.850 bits per heavy atom. The van der Waals surface area contributed by atoms with Gasteiger partial charge in [-0.1, -0.05) is 6.07 Å². The van der Waals surface area contributed by atoms with Crippen molar-refractivity contribution in [1.82, 2.24) is 0 Å². The van der Waals surface area contributed by atoms with Gasteiger partial charge >= 0.3 is 0 Å². The first-order chi connectivity index (χ1) is 9.38. The molecule has 0 heterocycles. The molecule has 2 aromatic carbocycles. The summed E-state index contributed by atoms with van der Waals surface area (Å²) in [6.07, 6.45) is 0. The summed E-state index contributed by atoms with van der Waals surface area (Å²) >= 11 is 0. The Labute approximate surface area is 120 Å². The highest BCUT2D eigenvalue weighted by atomic mass is 19.1. The molecule has 0 spiro atoms. The van der Waals surface area contributed by atoms with Crippen LogP contribution in [0, 0.1) is 40.4 Å². The predicted molar refractivity (Wildman–Crippen MR) is 83.4 cm³/mol. The van der Waals surface area contributed by atoms with Crippen molar-refractivity contribution in [2.75, 3.05) is 0 Å². The van der Waals surface area contributed by atoms with Crippen LogP contribution in [0.15, 0.2) is 18.2 Å². The van der Waals surface area contributed by atoms with Crippen LogP contribution in [-0.4, -0.2) is 0 Å². The molecule has 0 unspecified atom stereocenters. The summed E-state index contributed by atoms with van der Waals surface area (Å²) in [5.41, 5.74) is 15.4. The van der Waals surface area contributed by atoms with E-state index in [9.17, 15) is 4.39 Å². The van der Waals surface area contributed by atoms with Gasteiger partial charge in [0, 0.05) is 6.54 Å². The lowest BCUT2D eigenvalue weighted by molar-refractivity contribution is 0.625. The first-order valence-electron chi connectivity index (χ1n) is 6.94. The Morgan fingerprint density at radius 3 is 1.85 bits per heavy atom. The average molecular weight is 271 g/mol. The second-order valence-corrected chi connectivity index (χ2v) is 5.51. The summed E-state index contributed by atoms with van der Waals surface area (Å²) in [6.45, 7) is 11.1. The molecular formula is C18H22FN. The molecule has 2 rings (SSSR count). The van der Waals surface area contributed by atoms with E-state index >= 15 is 0 Å². The molecule has 1 nitrogen and oxygen atoms in total. The predicted octanol–water partition coefficient (Wildman–Crippen LogP) is 4.49. The zero-order chi connectivity index (χ0) is 15.0. The van der Waals surface area contributed by atoms with Gasteiger partial charge in [0.05, 0.1) is 0 Å². The van der Waals surface area contributed by atoms with Gasteiger partial charge in [0.2, 0.25) is 0 Å². The fourth-order valence-electron chi connectivity index (χ4n) is 2.88. The van der Waals surface area contributed by atoms with E-state index in [1.165, 1.54) is 39.4 Å². The summed E-state index contributed by atoms with van der Waals surface area (Å²) in [4.78, 5) is 0. The summed E-state index contributed by atoms with van der Waals surface area (Å²) in [5.74, 6) is -0.231. The number of benzene rings is 2. The molecule has 0 aromatic heterocycles. The average Bonchev–Trinajstić information content (AvgIpc) is 2.44. The first-order valence-corrected chi connectivity index (χ1v) is 6.94. The minimum Gasteiger partial charge on any atom is -0.326 e. The highest BCUT2D eigenvalue weighted by molar-refractivity contribution is 5.77. The minimum atomic E-state index is -0.231. The minimum absolute atomic E-state index is 0.231. The maximum Gasteiger partial charge on any atom is 0.123 e. The van der Waals surface area contributed by atoms with Gasteiger partial charge in [0.1, 0.15) is 5.82 Å². The molecule has 2 heteroatoms. The first kappa shape index (κ1) is 14.7. The monoisotopic (exact) mass is 271 g/mol. The van der Waals surface area contributed by atoms with Crippen LogP contribution in [0.1, 0.15) is 33.4 Å². The van der Waals surface area contributed by atoms with Gasteiger partial charge in [0.25, 0.3) is 0 Å².